The first-order chi connectivity index (χ1) is 11.6. The molecule has 1 N–H and O–H groups in total. The fourth-order valence-corrected chi connectivity index (χ4v) is 3.20. The molecule has 0 aliphatic carbocycles. The van der Waals surface area contributed by atoms with Gasteiger partial charge in [-0.1, -0.05) is 11.6 Å². The van der Waals surface area contributed by atoms with Crippen molar-refractivity contribution in [1.29, 1.82) is 0 Å². The van der Waals surface area contributed by atoms with E-state index < -0.39 is 5.97 Å². The Bertz CT molecular complexity index is 883. The Morgan fingerprint density at radius 3 is 3.00 bits per heavy atom. The number of carbonyl (C=O) groups excluding carboxylic acids is 1. The molecule has 0 spiro atoms. The zero-order chi connectivity index (χ0) is 17.1. The third-order valence-corrected chi connectivity index (χ3v) is 4.46. The number of hydrogen-bond acceptors (Lipinski definition) is 7. The largest absolute Gasteiger partial charge is 0.461 e. The number of thiophene rings is 1. The number of fused-ring (bicyclic) bond motifs is 1. The maximum absolute atomic E-state index is 12.1. The van der Waals surface area contributed by atoms with Gasteiger partial charge in [-0.15, -0.1) is 11.3 Å². The smallest absolute Gasteiger partial charge is 0.358 e. The Morgan fingerprint density at radius 2 is 2.25 bits per heavy atom. The molecule has 0 aromatic carbocycles. The van der Waals surface area contributed by atoms with E-state index in [0.717, 1.165) is 10.3 Å². The van der Waals surface area contributed by atoms with Gasteiger partial charge >= 0.3 is 5.97 Å². The lowest BCUT2D eigenvalue weighted by Crippen LogP contribution is -2.13. The molecule has 0 amide bonds. The van der Waals surface area contributed by atoms with E-state index in [1.165, 1.54) is 11.3 Å². The lowest BCUT2D eigenvalue weighted by Gasteiger charge is -2.14. The number of nitrogens with one attached hydrogen (secondary N) is 1. The van der Waals surface area contributed by atoms with Gasteiger partial charge in [0.2, 0.25) is 5.95 Å². The van der Waals surface area contributed by atoms with Gasteiger partial charge in [0.05, 0.1) is 27.9 Å². The van der Waals surface area contributed by atoms with Crippen LogP contribution >= 0.6 is 22.9 Å². The Balaban J connectivity index is 1.93. The highest BCUT2D eigenvalue weighted by molar-refractivity contribution is 7.17. The molecule has 0 saturated carbocycles. The summed E-state index contributed by atoms with van der Waals surface area (Å²) in [6.07, 6.45) is 3.30. The lowest BCUT2D eigenvalue weighted by molar-refractivity contribution is 0.0522. The van der Waals surface area contributed by atoms with Crippen LogP contribution in [-0.2, 0) is 4.74 Å². The van der Waals surface area contributed by atoms with Gasteiger partial charge in [-0.3, -0.25) is 4.98 Å². The maximum atomic E-state index is 12.1. The van der Waals surface area contributed by atoms with Crippen LogP contribution in [0.3, 0.4) is 0 Å². The molecule has 3 heterocycles. The minimum Gasteiger partial charge on any atom is -0.461 e. The molecular formula is C16H15ClN4O2S. The first-order valence-corrected chi connectivity index (χ1v) is 8.63. The number of ether oxygens (including phenoxy) is 1. The third kappa shape index (κ3) is 3.47. The van der Waals surface area contributed by atoms with Crippen LogP contribution in [0.5, 0.6) is 0 Å². The minimum absolute atomic E-state index is 0.123. The highest BCUT2D eigenvalue weighted by Crippen LogP contribution is 2.26. The molecule has 24 heavy (non-hydrogen) atoms. The second kappa shape index (κ2) is 7.11. The van der Waals surface area contributed by atoms with Crippen molar-refractivity contribution in [3.05, 3.63) is 46.2 Å². The van der Waals surface area contributed by atoms with Gasteiger partial charge in [0, 0.05) is 12.4 Å². The summed E-state index contributed by atoms with van der Waals surface area (Å²) in [4.78, 5) is 25.0. The van der Waals surface area contributed by atoms with Crippen molar-refractivity contribution in [2.75, 3.05) is 11.9 Å². The van der Waals surface area contributed by atoms with Crippen molar-refractivity contribution in [3.63, 3.8) is 0 Å². The van der Waals surface area contributed by atoms with E-state index in [4.69, 9.17) is 16.3 Å². The molecule has 0 aliphatic rings. The number of halogens is 1. The van der Waals surface area contributed by atoms with E-state index in [1.807, 2.05) is 24.4 Å². The van der Waals surface area contributed by atoms with Gasteiger partial charge in [-0.2, -0.15) is 0 Å². The van der Waals surface area contributed by atoms with Crippen LogP contribution in [0, 0.1) is 0 Å². The lowest BCUT2D eigenvalue weighted by atomic mass is 10.1. The highest BCUT2D eigenvalue weighted by Gasteiger charge is 2.18. The quantitative estimate of drug-likeness (QED) is 0.689. The molecule has 8 heteroatoms. The van der Waals surface area contributed by atoms with E-state index in [9.17, 15) is 4.79 Å². The van der Waals surface area contributed by atoms with E-state index in [1.54, 1.807) is 19.3 Å². The minimum atomic E-state index is -0.451. The van der Waals surface area contributed by atoms with Crippen LogP contribution in [0.2, 0.25) is 5.02 Å². The van der Waals surface area contributed by atoms with Crippen LogP contribution in [0.25, 0.3) is 10.2 Å². The Kier molecular flexibility index (Phi) is 4.92. The molecule has 3 rings (SSSR count). The van der Waals surface area contributed by atoms with Crippen molar-refractivity contribution < 1.29 is 9.53 Å². The summed E-state index contributed by atoms with van der Waals surface area (Å²) in [6, 6.07) is 3.55. The van der Waals surface area contributed by atoms with Crippen molar-refractivity contribution >= 4 is 45.1 Å². The molecule has 0 saturated heterocycles. The fourth-order valence-electron chi connectivity index (χ4n) is 2.21. The highest BCUT2D eigenvalue weighted by atomic mass is 35.5. The molecule has 1 atom stereocenters. The van der Waals surface area contributed by atoms with Gasteiger partial charge in [-0.05, 0) is 36.9 Å². The molecule has 0 bridgehead atoms. The van der Waals surface area contributed by atoms with Gasteiger partial charge in [0.1, 0.15) is 0 Å². The third-order valence-electron chi connectivity index (χ3n) is 3.34. The van der Waals surface area contributed by atoms with Gasteiger partial charge < -0.3 is 10.1 Å². The summed E-state index contributed by atoms with van der Waals surface area (Å²) in [5, 5.41) is 5.61. The standard InChI is InChI=1S/C16H15ClN4O2S/c1-3-23-15(22)13-14-12(4-5-24-14)20-16(21-13)19-9(2)10-6-11(17)8-18-7-10/h4-9H,3H2,1-2H3,(H,19,20,21)/t9-/m0/s1. The number of anilines is 1. The number of pyridine rings is 1. The molecule has 124 valence electrons. The molecule has 3 aromatic heterocycles. The molecule has 0 aliphatic heterocycles. The van der Waals surface area contributed by atoms with Crippen LogP contribution in [0.1, 0.15) is 35.9 Å². The molecule has 0 radical (unpaired) electrons. The summed E-state index contributed by atoms with van der Waals surface area (Å²) in [5.41, 5.74) is 1.88. The van der Waals surface area contributed by atoms with Crippen LogP contribution in [-0.4, -0.2) is 27.5 Å². The summed E-state index contributed by atoms with van der Waals surface area (Å²) < 4.78 is 5.81. The number of carbonyl (C=O) groups is 1. The van der Waals surface area contributed by atoms with Crippen molar-refractivity contribution in [2.24, 2.45) is 0 Å². The zero-order valence-electron chi connectivity index (χ0n) is 13.1. The summed E-state index contributed by atoms with van der Waals surface area (Å²) in [7, 11) is 0. The van der Waals surface area contributed by atoms with Crippen LogP contribution in [0.4, 0.5) is 5.95 Å². The van der Waals surface area contributed by atoms with Gasteiger partial charge in [-0.25, -0.2) is 14.8 Å². The number of esters is 1. The number of hydrogen-bond donors (Lipinski definition) is 1. The molecule has 0 fully saturated rings. The predicted molar refractivity (Wildman–Crippen MR) is 94.7 cm³/mol. The SMILES string of the molecule is CCOC(=O)c1nc(N[C@@H](C)c2cncc(Cl)c2)nc2ccsc12. The van der Waals surface area contributed by atoms with E-state index >= 15 is 0 Å². The monoisotopic (exact) mass is 362 g/mol. The van der Waals surface area contributed by atoms with Gasteiger partial charge in [0.15, 0.2) is 5.69 Å². The summed E-state index contributed by atoms with van der Waals surface area (Å²) in [6.45, 7) is 4.00. The maximum Gasteiger partial charge on any atom is 0.358 e. The first kappa shape index (κ1) is 16.6. The average molecular weight is 363 g/mol. The fraction of sp³-hybridized carbons (Fsp3) is 0.250. The van der Waals surface area contributed by atoms with Crippen molar-refractivity contribution in [1.82, 2.24) is 15.0 Å². The van der Waals surface area contributed by atoms with Crippen LogP contribution < -0.4 is 5.32 Å². The first-order valence-electron chi connectivity index (χ1n) is 7.38. The van der Waals surface area contributed by atoms with E-state index in [2.05, 4.69) is 20.3 Å². The van der Waals surface area contributed by atoms with Gasteiger partial charge in [0.25, 0.3) is 0 Å². The molecular weight excluding hydrogens is 348 g/mol. The van der Waals surface area contributed by atoms with Crippen molar-refractivity contribution in [3.8, 4) is 0 Å². The predicted octanol–water partition coefficient (Wildman–Crippen LogP) is 4.09. The summed E-state index contributed by atoms with van der Waals surface area (Å²) >= 11 is 7.39. The second-order valence-corrected chi connectivity index (χ2v) is 6.41. The average Bonchev–Trinajstić information content (AvgIpc) is 3.02. The Hall–Kier alpha value is -2.25. The Labute approximate surface area is 147 Å². The van der Waals surface area contributed by atoms with E-state index in [0.29, 0.717) is 23.1 Å². The normalized spacial score (nSPS) is 12.1. The summed E-state index contributed by atoms with van der Waals surface area (Å²) in [5.74, 6) is -0.0936. The number of rotatable bonds is 5. The topological polar surface area (TPSA) is 77.0 Å². The number of nitrogens with zero attached hydrogens (tertiary/aromatic N) is 3. The molecule has 0 unspecified atom stereocenters. The van der Waals surface area contributed by atoms with Crippen molar-refractivity contribution in [2.45, 2.75) is 19.9 Å². The second-order valence-electron chi connectivity index (χ2n) is 5.05. The van der Waals surface area contributed by atoms with E-state index in [-0.39, 0.29) is 11.7 Å². The zero-order valence-corrected chi connectivity index (χ0v) is 14.7. The molecule has 6 nitrogen and oxygen atoms in total. The number of aromatic nitrogens is 3. The Morgan fingerprint density at radius 1 is 1.42 bits per heavy atom. The van der Waals surface area contributed by atoms with Crippen LogP contribution in [0.15, 0.2) is 29.9 Å². The molecule has 3 aromatic rings.